The first-order valence-electron chi connectivity index (χ1n) is 10.5. The first-order chi connectivity index (χ1) is 15.3. The van der Waals surface area contributed by atoms with E-state index in [2.05, 4.69) is 15.5 Å². The molecule has 2 N–H and O–H groups in total. The summed E-state index contributed by atoms with van der Waals surface area (Å²) in [6.07, 6.45) is 0.817. The zero-order valence-electron chi connectivity index (χ0n) is 17.8. The Labute approximate surface area is 190 Å². The molecule has 0 spiro atoms. The fraction of sp³-hybridized carbons (Fsp3) is 0.391. The number of hydrogen-bond donors (Lipinski definition) is 2. The van der Waals surface area contributed by atoms with Crippen molar-refractivity contribution in [1.29, 1.82) is 0 Å². The average molecular weight is 466 g/mol. The molecular weight excluding hydrogens is 439 g/mol. The van der Waals surface area contributed by atoms with Crippen LogP contribution in [-0.4, -0.2) is 31.2 Å². The number of nitrogens with zero attached hydrogens (tertiary/aromatic N) is 1. The highest BCUT2D eigenvalue weighted by molar-refractivity contribution is 7.80. The lowest BCUT2D eigenvalue weighted by Gasteiger charge is -2.29. The molecule has 5 nitrogen and oxygen atoms in total. The van der Waals surface area contributed by atoms with Crippen LogP contribution in [0, 0.1) is 0 Å². The summed E-state index contributed by atoms with van der Waals surface area (Å²) in [5.74, 6) is 0.133. The lowest BCUT2D eigenvalue weighted by molar-refractivity contribution is -0.137. The highest BCUT2D eigenvalue weighted by atomic mass is 32.1. The Morgan fingerprint density at radius 3 is 2.22 bits per heavy atom. The van der Waals surface area contributed by atoms with Crippen LogP contribution in [0.2, 0.25) is 0 Å². The minimum Gasteiger partial charge on any atom is -0.497 e. The van der Waals surface area contributed by atoms with Gasteiger partial charge in [-0.25, -0.2) is 0 Å². The number of hydrogen-bond acceptors (Lipinski definition) is 4. The van der Waals surface area contributed by atoms with E-state index in [1.165, 1.54) is 19.6 Å². The number of rotatable bonds is 4. The summed E-state index contributed by atoms with van der Waals surface area (Å²) >= 11 is 5.24. The molecule has 0 atom stereocenters. The Balaban J connectivity index is 1.79. The van der Waals surface area contributed by atoms with Crippen LogP contribution in [0.15, 0.2) is 42.5 Å². The van der Waals surface area contributed by atoms with E-state index in [9.17, 15) is 18.0 Å². The molecule has 1 heterocycles. The molecule has 1 saturated heterocycles. The van der Waals surface area contributed by atoms with Crippen molar-refractivity contribution in [3.8, 4) is 5.75 Å². The minimum absolute atomic E-state index is 0.0709. The van der Waals surface area contributed by atoms with E-state index in [-0.39, 0.29) is 10.8 Å². The maximum Gasteiger partial charge on any atom is 0.416 e. The average Bonchev–Trinajstić information content (AvgIpc) is 2.73. The molecule has 32 heavy (non-hydrogen) atoms. The molecule has 2 aromatic carbocycles. The van der Waals surface area contributed by atoms with Gasteiger partial charge in [-0.1, -0.05) is 19.3 Å². The lowest BCUT2D eigenvalue weighted by Crippen LogP contribution is -2.35. The van der Waals surface area contributed by atoms with Crippen molar-refractivity contribution < 1.29 is 22.7 Å². The smallest absolute Gasteiger partial charge is 0.416 e. The van der Waals surface area contributed by atoms with Crippen LogP contribution in [0.3, 0.4) is 0 Å². The van der Waals surface area contributed by atoms with E-state index in [0.29, 0.717) is 17.0 Å². The number of carbonyl (C=O) groups excluding carboxylic acids is 1. The normalized spacial score (nSPS) is 14.8. The van der Waals surface area contributed by atoms with Gasteiger partial charge in [0.25, 0.3) is 5.91 Å². The first-order valence-corrected chi connectivity index (χ1v) is 10.9. The minimum atomic E-state index is -4.49. The molecule has 0 aliphatic carbocycles. The number of alkyl halides is 3. The van der Waals surface area contributed by atoms with Crippen molar-refractivity contribution in [2.45, 2.75) is 38.3 Å². The van der Waals surface area contributed by atoms with Crippen LogP contribution < -0.4 is 20.3 Å². The molecule has 2 aromatic rings. The zero-order chi connectivity index (χ0) is 23.1. The fourth-order valence-corrected chi connectivity index (χ4v) is 3.85. The van der Waals surface area contributed by atoms with Crippen molar-refractivity contribution in [3.63, 3.8) is 0 Å². The summed E-state index contributed by atoms with van der Waals surface area (Å²) in [6.45, 7) is 1.51. The summed E-state index contributed by atoms with van der Waals surface area (Å²) < 4.78 is 45.1. The monoisotopic (exact) mass is 465 g/mol. The van der Waals surface area contributed by atoms with Gasteiger partial charge in [0.1, 0.15) is 5.75 Å². The van der Waals surface area contributed by atoms with Gasteiger partial charge >= 0.3 is 6.18 Å². The number of carbonyl (C=O) groups is 1. The predicted molar refractivity (Wildman–Crippen MR) is 123 cm³/mol. The predicted octanol–water partition coefficient (Wildman–Crippen LogP) is 5.61. The SMILES string of the molecule is COc1ccc(C(=O)NC(=S)Nc2cc(C(F)(F)F)ccc2N2CCCCCCC2)cc1. The number of anilines is 2. The second-order valence-corrected chi connectivity index (χ2v) is 8.03. The number of ether oxygens (including phenoxy) is 1. The molecule has 1 fully saturated rings. The number of benzene rings is 2. The van der Waals surface area contributed by atoms with E-state index in [1.54, 1.807) is 24.3 Å². The van der Waals surface area contributed by atoms with Crippen LogP contribution >= 0.6 is 12.2 Å². The van der Waals surface area contributed by atoms with Crippen molar-refractivity contribution >= 4 is 34.6 Å². The first kappa shape index (κ1) is 23.8. The maximum atomic E-state index is 13.3. The van der Waals surface area contributed by atoms with Crippen LogP contribution in [-0.2, 0) is 6.18 Å². The van der Waals surface area contributed by atoms with Gasteiger partial charge in [-0.05, 0) is 67.5 Å². The Bertz CT molecular complexity index is 940. The van der Waals surface area contributed by atoms with Gasteiger partial charge in [0.05, 0.1) is 24.0 Å². The van der Waals surface area contributed by atoms with E-state index in [0.717, 1.165) is 50.9 Å². The second-order valence-electron chi connectivity index (χ2n) is 7.62. The second kappa shape index (κ2) is 10.7. The van der Waals surface area contributed by atoms with Crippen molar-refractivity contribution in [2.24, 2.45) is 0 Å². The van der Waals surface area contributed by atoms with Gasteiger partial charge in [-0.3, -0.25) is 10.1 Å². The summed E-state index contributed by atoms with van der Waals surface area (Å²) in [7, 11) is 1.52. The third-order valence-corrected chi connectivity index (χ3v) is 5.55. The number of halogens is 3. The van der Waals surface area contributed by atoms with Crippen LogP contribution in [0.4, 0.5) is 24.5 Å². The van der Waals surface area contributed by atoms with E-state index in [1.807, 2.05) is 0 Å². The third kappa shape index (κ3) is 6.35. The van der Waals surface area contributed by atoms with Gasteiger partial charge < -0.3 is 15.0 Å². The van der Waals surface area contributed by atoms with Gasteiger partial charge in [0.2, 0.25) is 0 Å². The molecule has 0 unspecified atom stereocenters. The number of thiocarbonyl (C=S) groups is 1. The number of methoxy groups -OCH3 is 1. The summed E-state index contributed by atoms with van der Waals surface area (Å²) in [5.41, 5.74) is 0.435. The molecule has 1 aliphatic rings. The van der Waals surface area contributed by atoms with Crippen molar-refractivity contribution in [3.05, 3.63) is 53.6 Å². The van der Waals surface area contributed by atoms with Crippen LogP contribution in [0.1, 0.15) is 48.0 Å². The topological polar surface area (TPSA) is 53.6 Å². The molecule has 172 valence electrons. The Morgan fingerprint density at radius 2 is 1.62 bits per heavy atom. The lowest BCUT2D eigenvalue weighted by atomic mass is 10.1. The molecule has 1 amide bonds. The van der Waals surface area contributed by atoms with Gasteiger partial charge in [-0.2, -0.15) is 13.2 Å². The van der Waals surface area contributed by atoms with Crippen LogP contribution in [0.5, 0.6) is 5.75 Å². The van der Waals surface area contributed by atoms with Gasteiger partial charge in [0.15, 0.2) is 5.11 Å². The Kier molecular flexibility index (Phi) is 7.95. The van der Waals surface area contributed by atoms with E-state index < -0.39 is 17.6 Å². The zero-order valence-corrected chi connectivity index (χ0v) is 18.6. The quantitative estimate of drug-likeness (QED) is 0.575. The fourth-order valence-electron chi connectivity index (χ4n) is 3.65. The van der Waals surface area contributed by atoms with Crippen LogP contribution in [0.25, 0.3) is 0 Å². The summed E-state index contributed by atoms with van der Waals surface area (Å²) in [4.78, 5) is 14.6. The largest absolute Gasteiger partial charge is 0.497 e. The van der Waals surface area contributed by atoms with E-state index in [4.69, 9.17) is 17.0 Å². The Hall–Kier alpha value is -2.81. The molecule has 0 aromatic heterocycles. The molecular formula is C23H26F3N3O2S. The number of nitrogens with one attached hydrogen (secondary N) is 2. The van der Waals surface area contributed by atoms with E-state index >= 15 is 0 Å². The summed E-state index contributed by atoms with van der Waals surface area (Å²) in [5, 5.41) is 5.28. The standard InChI is InChI=1S/C23H26F3N3O2S/c1-31-18-10-7-16(8-11-18)21(30)28-22(32)27-19-15-17(23(24,25)26)9-12-20(19)29-13-5-3-2-4-6-14-29/h7-12,15H,2-6,13-14H2,1H3,(H2,27,28,30,32). The molecule has 0 radical (unpaired) electrons. The Morgan fingerprint density at radius 1 is 1.00 bits per heavy atom. The molecule has 1 aliphatic heterocycles. The van der Waals surface area contributed by atoms with Gasteiger partial charge in [0, 0.05) is 18.7 Å². The van der Waals surface area contributed by atoms with Crippen molar-refractivity contribution in [1.82, 2.24) is 5.32 Å². The molecule has 0 saturated carbocycles. The summed E-state index contributed by atoms with van der Waals surface area (Å²) in [6, 6.07) is 10.0. The third-order valence-electron chi connectivity index (χ3n) is 5.35. The van der Waals surface area contributed by atoms with Gasteiger partial charge in [-0.15, -0.1) is 0 Å². The highest BCUT2D eigenvalue weighted by Crippen LogP contribution is 2.36. The number of amides is 1. The maximum absolute atomic E-state index is 13.3. The highest BCUT2D eigenvalue weighted by Gasteiger charge is 2.31. The molecule has 9 heteroatoms. The van der Waals surface area contributed by atoms with Crippen molar-refractivity contribution in [2.75, 3.05) is 30.4 Å². The molecule has 0 bridgehead atoms. The molecule has 3 rings (SSSR count).